The van der Waals surface area contributed by atoms with Crippen LogP contribution in [0.2, 0.25) is 0 Å². The van der Waals surface area contributed by atoms with E-state index in [1.54, 1.807) is 7.11 Å². The van der Waals surface area contributed by atoms with Crippen LogP contribution in [-0.2, 0) is 11.2 Å². The largest absolute Gasteiger partial charge is 0.497 e. The van der Waals surface area contributed by atoms with Crippen molar-refractivity contribution in [2.24, 2.45) is 5.73 Å². The van der Waals surface area contributed by atoms with Gasteiger partial charge in [-0.15, -0.1) is 0 Å². The average molecular weight is 314 g/mol. The van der Waals surface area contributed by atoms with Crippen LogP contribution >= 0.6 is 15.9 Å². The van der Waals surface area contributed by atoms with Gasteiger partial charge in [0.1, 0.15) is 11.5 Å². The quantitative estimate of drug-likeness (QED) is 0.878. The standard InChI is InChI=1S/C14H20BrNO2/c1-14(2,16)7-6-11(17)8-10-9-12(18-3)4-5-13(10)15/h4-5,9H,6-8,16H2,1-3H3. The molecule has 0 amide bonds. The number of hydrogen-bond donors (Lipinski definition) is 1. The first kappa shape index (κ1) is 15.2. The highest BCUT2D eigenvalue weighted by molar-refractivity contribution is 9.10. The molecule has 0 atom stereocenters. The molecule has 0 spiro atoms. The van der Waals surface area contributed by atoms with Crippen LogP contribution in [0.15, 0.2) is 22.7 Å². The minimum absolute atomic E-state index is 0.197. The Bertz CT molecular complexity index is 424. The Morgan fingerprint density at radius 1 is 1.44 bits per heavy atom. The third kappa shape index (κ3) is 5.19. The first-order valence-electron chi connectivity index (χ1n) is 5.95. The molecule has 0 fully saturated rings. The number of Topliss-reactive ketones (excluding diaryl/α,β-unsaturated/α-hetero) is 1. The van der Waals surface area contributed by atoms with E-state index in [0.29, 0.717) is 19.3 Å². The zero-order valence-corrected chi connectivity index (χ0v) is 12.7. The Labute approximate surface area is 117 Å². The minimum Gasteiger partial charge on any atom is -0.497 e. The average Bonchev–Trinajstić information content (AvgIpc) is 2.28. The summed E-state index contributed by atoms with van der Waals surface area (Å²) in [5.74, 6) is 0.961. The zero-order valence-electron chi connectivity index (χ0n) is 11.1. The van der Waals surface area contributed by atoms with E-state index in [1.165, 1.54) is 0 Å². The van der Waals surface area contributed by atoms with E-state index in [9.17, 15) is 4.79 Å². The Balaban J connectivity index is 2.64. The SMILES string of the molecule is COc1ccc(Br)c(CC(=O)CCC(C)(C)N)c1. The van der Waals surface area contributed by atoms with Crippen molar-refractivity contribution in [3.05, 3.63) is 28.2 Å². The molecule has 100 valence electrons. The highest BCUT2D eigenvalue weighted by atomic mass is 79.9. The Hall–Kier alpha value is -0.870. The highest BCUT2D eigenvalue weighted by Crippen LogP contribution is 2.23. The molecule has 2 N–H and O–H groups in total. The number of nitrogens with two attached hydrogens (primary N) is 1. The fourth-order valence-corrected chi connectivity index (χ4v) is 1.96. The van der Waals surface area contributed by atoms with Gasteiger partial charge in [-0.1, -0.05) is 15.9 Å². The molecule has 1 rings (SSSR count). The predicted octanol–water partition coefficient (Wildman–Crippen LogP) is 3.09. The van der Waals surface area contributed by atoms with E-state index in [2.05, 4.69) is 15.9 Å². The van der Waals surface area contributed by atoms with Crippen molar-refractivity contribution < 1.29 is 9.53 Å². The molecule has 0 bridgehead atoms. The van der Waals surface area contributed by atoms with Crippen LogP contribution in [0.4, 0.5) is 0 Å². The predicted molar refractivity (Wildman–Crippen MR) is 76.9 cm³/mol. The smallest absolute Gasteiger partial charge is 0.137 e. The maximum Gasteiger partial charge on any atom is 0.137 e. The van der Waals surface area contributed by atoms with Crippen molar-refractivity contribution >= 4 is 21.7 Å². The second-order valence-corrected chi connectivity index (χ2v) is 6.02. The summed E-state index contributed by atoms with van der Waals surface area (Å²) in [4.78, 5) is 11.9. The van der Waals surface area contributed by atoms with Crippen molar-refractivity contribution in [2.45, 2.75) is 38.6 Å². The first-order valence-corrected chi connectivity index (χ1v) is 6.74. The van der Waals surface area contributed by atoms with E-state index in [0.717, 1.165) is 15.8 Å². The number of ether oxygens (including phenoxy) is 1. The topological polar surface area (TPSA) is 52.3 Å². The summed E-state index contributed by atoms with van der Waals surface area (Å²) in [5, 5.41) is 0. The summed E-state index contributed by atoms with van der Waals surface area (Å²) in [7, 11) is 1.62. The van der Waals surface area contributed by atoms with Gasteiger partial charge in [0.25, 0.3) is 0 Å². The van der Waals surface area contributed by atoms with E-state index in [-0.39, 0.29) is 11.3 Å². The molecule has 3 nitrogen and oxygen atoms in total. The number of methoxy groups -OCH3 is 1. The van der Waals surface area contributed by atoms with Gasteiger partial charge in [-0.3, -0.25) is 4.79 Å². The van der Waals surface area contributed by atoms with Gasteiger partial charge in [-0.2, -0.15) is 0 Å². The summed E-state index contributed by atoms with van der Waals surface area (Å²) >= 11 is 3.45. The Morgan fingerprint density at radius 2 is 2.11 bits per heavy atom. The van der Waals surface area contributed by atoms with Crippen molar-refractivity contribution in [1.82, 2.24) is 0 Å². The normalized spacial score (nSPS) is 11.4. The van der Waals surface area contributed by atoms with E-state index in [1.807, 2.05) is 32.0 Å². The van der Waals surface area contributed by atoms with Gasteiger partial charge >= 0.3 is 0 Å². The molecule has 0 saturated heterocycles. The van der Waals surface area contributed by atoms with Gasteiger partial charge in [0.2, 0.25) is 0 Å². The summed E-state index contributed by atoms with van der Waals surface area (Å²) < 4.78 is 6.09. The number of carbonyl (C=O) groups is 1. The number of hydrogen-bond acceptors (Lipinski definition) is 3. The Morgan fingerprint density at radius 3 is 2.67 bits per heavy atom. The molecule has 4 heteroatoms. The van der Waals surface area contributed by atoms with Gasteiger partial charge in [0.05, 0.1) is 7.11 Å². The second kappa shape index (κ2) is 6.34. The van der Waals surface area contributed by atoms with Crippen LogP contribution < -0.4 is 10.5 Å². The van der Waals surface area contributed by atoms with Crippen LogP contribution in [0.25, 0.3) is 0 Å². The van der Waals surface area contributed by atoms with Crippen LogP contribution in [0.5, 0.6) is 5.75 Å². The van der Waals surface area contributed by atoms with Gasteiger partial charge in [0.15, 0.2) is 0 Å². The lowest BCUT2D eigenvalue weighted by atomic mass is 9.96. The van der Waals surface area contributed by atoms with Gasteiger partial charge in [-0.25, -0.2) is 0 Å². The Kier molecular flexibility index (Phi) is 5.35. The molecule has 1 aromatic rings. The van der Waals surface area contributed by atoms with Gasteiger partial charge in [-0.05, 0) is 44.0 Å². The third-order valence-electron chi connectivity index (χ3n) is 2.69. The molecule has 0 aliphatic carbocycles. The van der Waals surface area contributed by atoms with Crippen LogP contribution in [0, 0.1) is 0 Å². The molecule has 18 heavy (non-hydrogen) atoms. The molecular weight excluding hydrogens is 294 g/mol. The fourth-order valence-electron chi connectivity index (χ4n) is 1.58. The van der Waals surface area contributed by atoms with E-state index >= 15 is 0 Å². The minimum atomic E-state index is -0.290. The summed E-state index contributed by atoms with van der Waals surface area (Å²) in [6.07, 6.45) is 1.62. The van der Waals surface area contributed by atoms with Crippen LogP contribution in [0.1, 0.15) is 32.3 Å². The fraction of sp³-hybridized carbons (Fsp3) is 0.500. The molecule has 0 heterocycles. The number of rotatable bonds is 6. The maximum absolute atomic E-state index is 11.9. The van der Waals surface area contributed by atoms with Crippen molar-refractivity contribution in [3.8, 4) is 5.75 Å². The third-order valence-corrected chi connectivity index (χ3v) is 3.46. The number of benzene rings is 1. The molecule has 0 unspecified atom stereocenters. The van der Waals surface area contributed by atoms with E-state index in [4.69, 9.17) is 10.5 Å². The first-order chi connectivity index (χ1) is 8.31. The maximum atomic E-state index is 11.9. The lowest BCUT2D eigenvalue weighted by molar-refractivity contribution is -0.118. The summed E-state index contributed by atoms with van der Waals surface area (Å²) in [6, 6.07) is 5.64. The van der Waals surface area contributed by atoms with Gasteiger partial charge < -0.3 is 10.5 Å². The number of halogens is 1. The summed E-state index contributed by atoms with van der Waals surface area (Å²) in [5.41, 5.74) is 6.53. The number of carbonyl (C=O) groups excluding carboxylic acids is 1. The monoisotopic (exact) mass is 313 g/mol. The molecular formula is C14H20BrNO2. The molecule has 0 aromatic heterocycles. The molecule has 0 radical (unpaired) electrons. The van der Waals surface area contributed by atoms with Crippen molar-refractivity contribution in [3.63, 3.8) is 0 Å². The van der Waals surface area contributed by atoms with Gasteiger partial charge in [0, 0.05) is 22.9 Å². The summed E-state index contributed by atoms with van der Waals surface area (Å²) in [6.45, 7) is 3.86. The van der Waals surface area contributed by atoms with Crippen molar-refractivity contribution in [2.75, 3.05) is 7.11 Å². The number of ketones is 1. The lowest BCUT2D eigenvalue weighted by Gasteiger charge is -2.17. The van der Waals surface area contributed by atoms with Crippen molar-refractivity contribution in [1.29, 1.82) is 0 Å². The lowest BCUT2D eigenvalue weighted by Crippen LogP contribution is -2.32. The molecule has 0 aliphatic rings. The molecule has 0 saturated carbocycles. The van der Waals surface area contributed by atoms with Crippen LogP contribution in [0.3, 0.4) is 0 Å². The highest BCUT2D eigenvalue weighted by Gasteiger charge is 2.14. The second-order valence-electron chi connectivity index (χ2n) is 5.16. The van der Waals surface area contributed by atoms with E-state index < -0.39 is 0 Å². The molecule has 0 aliphatic heterocycles. The molecule has 1 aromatic carbocycles. The van der Waals surface area contributed by atoms with Crippen LogP contribution in [-0.4, -0.2) is 18.4 Å². The zero-order chi connectivity index (χ0) is 13.8.